The number of likely N-dealkylation sites (tertiary alicyclic amines) is 1. The third-order valence-corrected chi connectivity index (χ3v) is 5.15. The highest BCUT2D eigenvalue weighted by molar-refractivity contribution is 5.77. The number of carbonyl (C=O) groups excluding carboxylic acids is 1. The van der Waals surface area contributed by atoms with Gasteiger partial charge in [-0.25, -0.2) is 4.79 Å². The van der Waals surface area contributed by atoms with Gasteiger partial charge in [0.1, 0.15) is 0 Å². The predicted molar refractivity (Wildman–Crippen MR) is 76.5 cm³/mol. The highest BCUT2D eigenvalue weighted by atomic mass is 16.4. The summed E-state index contributed by atoms with van der Waals surface area (Å²) in [6, 6.07) is -0.0365. The Balaban J connectivity index is 1.79. The van der Waals surface area contributed by atoms with Crippen LogP contribution in [0.5, 0.6) is 0 Å². The lowest BCUT2D eigenvalue weighted by atomic mass is 9.80. The molecule has 5 nitrogen and oxygen atoms in total. The lowest BCUT2D eigenvalue weighted by Crippen LogP contribution is -2.50. The Hall–Kier alpha value is -1.26. The van der Waals surface area contributed by atoms with E-state index in [-0.39, 0.29) is 11.4 Å². The molecule has 0 aromatic carbocycles. The Morgan fingerprint density at radius 1 is 1.10 bits per heavy atom. The van der Waals surface area contributed by atoms with Crippen molar-refractivity contribution in [3.63, 3.8) is 0 Å². The number of urea groups is 1. The average molecular weight is 282 g/mol. The van der Waals surface area contributed by atoms with Crippen LogP contribution in [0.3, 0.4) is 0 Å². The van der Waals surface area contributed by atoms with Gasteiger partial charge in [0.05, 0.1) is 5.41 Å². The van der Waals surface area contributed by atoms with Crippen LogP contribution in [0.1, 0.15) is 52.4 Å². The van der Waals surface area contributed by atoms with Gasteiger partial charge in [-0.3, -0.25) is 4.79 Å². The molecule has 0 bridgehead atoms. The van der Waals surface area contributed by atoms with Gasteiger partial charge in [-0.2, -0.15) is 0 Å². The number of carboxylic acid groups (broad SMARTS) is 1. The Bertz CT molecular complexity index is 381. The first kappa shape index (κ1) is 15.1. The summed E-state index contributed by atoms with van der Waals surface area (Å²) >= 11 is 0. The van der Waals surface area contributed by atoms with Gasteiger partial charge >= 0.3 is 12.0 Å². The van der Waals surface area contributed by atoms with Gasteiger partial charge in [0.15, 0.2) is 0 Å². The van der Waals surface area contributed by atoms with Crippen LogP contribution in [-0.4, -0.2) is 41.6 Å². The molecular formula is C15H26N2O3. The molecule has 0 radical (unpaired) electrons. The van der Waals surface area contributed by atoms with Crippen molar-refractivity contribution < 1.29 is 14.7 Å². The Morgan fingerprint density at radius 2 is 1.65 bits per heavy atom. The number of piperidine rings is 1. The number of nitrogens with zero attached hydrogens (tertiary/aromatic N) is 1. The maximum absolute atomic E-state index is 12.1. The van der Waals surface area contributed by atoms with Crippen molar-refractivity contribution in [2.75, 3.05) is 19.6 Å². The van der Waals surface area contributed by atoms with Gasteiger partial charge < -0.3 is 15.3 Å². The second-order valence-corrected chi connectivity index (χ2v) is 7.03. The minimum Gasteiger partial charge on any atom is -0.481 e. The molecule has 0 unspecified atom stereocenters. The van der Waals surface area contributed by atoms with Crippen LogP contribution in [0.25, 0.3) is 0 Å². The van der Waals surface area contributed by atoms with Gasteiger partial charge in [-0.15, -0.1) is 0 Å². The highest BCUT2D eigenvalue weighted by Crippen LogP contribution is 2.37. The largest absolute Gasteiger partial charge is 0.481 e. The Kier molecular flexibility index (Phi) is 4.25. The minimum atomic E-state index is -0.754. The molecule has 1 aliphatic carbocycles. The van der Waals surface area contributed by atoms with Crippen molar-refractivity contribution in [2.24, 2.45) is 10.8 Å². The zero-order valence-electron chi connectivity index (χ0n) is 12.6. The van der Waals surface area contributed by atoms with E-state index in [4.69, 9.17) is 0 Å². The van der Waals surface area contributed by atoms with Gasteiger partial charge in [0.25, 0.3) is 0 Å². The number of carbonyl (C=O) groups is 2. The number of hydrogen-bond donors (Lipinski definition) is 2. The summed E-state index contributed by atoms with van der Waals surface area (Å²) in [6.45, 7) is 5.80. The predicted octanol–water partition coefficient (Wildman–Crippen LogP) is 2.46. The van der Waals surface area contributed by atoms with Crippen molar-refractivity contribution >= 4 is 12.0 Å². The van der Waals surface area contributed by atoms with E-state index in [0.717, 1.165) is 6.54 Å². The van der Waals surface area contributed by atoms with Crippen molar-refractivity contribution in [1.29, 1.82) is 0 Å². The molecule has 1 aliphatic heterocycles. The zero-order valence-corrected chi connectivity index (χ0v) is 12.6. The van der Waals surface area contributed by atoms with Crippen LogP contribution in [0.15, 0.2) is 0 Å². The van der Waals surface area contributed by atoms with E-state index in [0.29, 0.717) is 25.9 Å². The van der Waals surface area contributed by atoms with E-state index in [1.165, 1.54) is 25.7 Å². The summed E-state index contributed by atoms with van der Waals surface area (Å²) in [6.07, 6.45) is 5.95. The van der Waals surface area contributed by atoms with E-state index in [2.05, 4.69) is 12.2 Å². The number of hydrogen-bond acceptors (Lipinski definition) is 2. The maximum Gasteiger partial charge on any atom is 0.317 e. The van der Waals surface area contributed by atoms with Gasteiger partial charge in [0.2, 0.25) is 0 Å². The van der Waals surface area contributed by atoms with Crippen LogP contribution >= 0.6 is 0 Å². The number of amides is 2. The third kappa shape index (κ3) is 3.25. The molecular weight excluding hydrogens is 256 g/mol. The summed E-state index contributed by atoms with van der Waals surface area (Å²) in [4.78, 5) is 25.1. The second kappa shape index (κ2) is 5.62. The molecule has 0 atom stereocenters. The van der Waals surface area contributed by atoms with E-state index in [1.54, 1.807) is 11.8 Å². The number of rotatable bonds is 3. The van der Waals surface area contributed by atoms with Crippen LogP contribution < -0.4 is 5.32 Å². The lowest BCUT2D eigenvalue weighted by molar-refractivity contribution is -0.150. The number of nitrogens with one attached hydrogen (secondary N) is 1. The lowest BCUT2D eigenvalue weighted by Gasteiger charge is -2.37. The van der Waals surface area contributed by atoms with E-state index >= 15 is 0 Å². The van der Waals surface area contributed by atoms with Crippen LogP contribution in [0.4, 0.5) is 4.79 Å². The molecule has 0 spiro atoms. The summed E-state index contributed by atoms with van der Waals surface area (Å²) in [5.74, 6) is -0.754. The number of carboxylic acids is 1. The molecule has 20 heavy (non-hydrogen) atoms. The second-order valence-electron chi connectivity index (χ2n) is 7.03. The fourth-order valence-electron chi connectivity index (χ4n) is 3.22. The van der Waals surface area contributed by atoms with Crippen molar-refractivity contribution in [3.05, 3.63) is 0 Å². The highest BCUT2D eigenvalue weighted by Gasteiger charge is 2.38. The average Bonchev–Trinajstić information content (AvgIpc) is 2.84. The van der Waals surface area contributed by atoms with Crippen molar-refractivity contribution in [2.45, 2.75) is 52.4 Å². The van der Waals surface area contributed by atoms with Gasteiger partial charge in [-0.05, 0) is 38.0 Å². The van der Waals surface area contributed by atoms with Crippen molar-refractivity contribution in [1.82, 2.24) is 10.2 Å². The summed E-state index contributed by atoms with van der Waals surface area (Å²) in [5, 5.41) is 12.2. The van der Waals surface area contributed by atoms with Crippen LogP contribution in [0.2, 0.25) is 0 Å². The molecule has 2 aliphatic rings. The molecule has 2 rings (SSSR count). The van der Waals surface area contributed by atoms with Gasteiger partial charge in [-0.1, -0.05) is 19.8 Å². The van der Waals surface area contributed by atoms with E-state index in [1.807, 2.05) is 0 Å². The van der Waals surface area contributed by atoms with E-state index in [9.17, 15) is 14.7 Å². The topological polar surface area (TPSA) is 69.6 Å². The Labute approximate surface area is 120 Å². The molecule has 0 aromatic heterocycles. The van der Waals surface area contributed by atoms with E-state index < -0.39 is 11.4 Å². The maximum atomic E-state index is 12.1. The quantitative estimate of drug-likeness (QED) is 0.835. The fourth-order valence-corrected chi connectivity index (χ4v) is 3.22. The SMILES string of the molecule is CC1(CNC(=O)N2CCC(C)(C(=O)O)CC2)CCCC1. The molecule has 2 N–H and O–H groups in total. The van der Waals surface area contributed by atoms with Gasteiger partial charge in [0, 0.05) is 19.6 Å². The van der Waals surface area contributed by atoms with Crippen LogP contribution in [-0.2, 0) is 4.79 Å². The minimum absolute atomic E-state index is 0.0365. The Morgan fingerprint density at radius 3 is 2.15 bits per heavy atom. The summed E-state index contributed by atoms with van der Waals surface area (Å²) < 4.78 is 0. The fraction of sp³-hybridized carbons (Fsp3) is 0.867. The molecule has 1 heterocycles. The first-order valence-corrected chi connectivity index (χ1v) is 7.61. The van der Waals surface area contributed by atoms with Crippen LogP contribution in [0, 0.1) is 10.8 Å². The molecule has 1 saturated heterocycles. The molecule has 1 saturated carbocycles. The molecule has 0 aromatic rings. The monoisotopic (exact) mass is 282 g/mol. The number of aliphatic carboxylic acids is 1. The molecule has 2 fully saturated rings. The smallest absolute Gasteiger partial charge is 0.317 e. The molecule has 2 amide bonds. The first-order chi connectivity index (χ1) is 9.35. The summed E-state index contributed by atoms with van der Waals surface area (Å²) in [7, 11) is 0. The zero-order chi connectivity index (χ0) is 14.8. The summed E-state index contributed by atoms with van der Waals surface area (Å²) in [5.41, 5.74) is -0.421. The third-order valence-electron chi connectivity index (χ3n) is 5.15. The standard InChI is InChI=1S/C15H26N2O3/c1-14(5-3-4-6-14)11-16-13(20)17-9-7-15(2,8-10-17)12(18)19/h3-11H2,1-2H3,(H,16,20)(H,18,19). The van der Waals surface area contributed by atoms with Crippen molar-refractivity contribution in [3.8, 4) is 0 Å². The molecule has 5 heteroatoms. The molecule has 114 valence electrons. The first-order valence-electron chi connectivity index (χ1n) is 7.61. The normalized spacial score (nSPS) is 24.4.